The van der Waals surface area contributed by atoms with Crippen LogP contribution in [0, 0.1) is 11.3 Å². The largest absolute Gasteiger partial charge is 0.369 e. The lowest BCUT2D eigenvalue weighted by atomic mass is 10.1. The van der Waals surface area contributed by atoms with E-state index in [-0.39, 0.29) is 0 Å². The normalized spacial score (nSPS) is 21.6. The van der Waals surface area contributed by atoms with Crippen molar-refractivity contribution in [3.63, 3.8) is 0 Å². The standard InChI is InChI=1S/C13H20ClN3/c1-8(2)10-11(14)16-7-17-12(10)15-6-9-5-13(9,3)4/h7-9H,5-6H2,1-4H3,(H,15,16,17). The number of halogens is 1. The van der Waals surface area contributed by atoms with E-state index < -0.39 is 0 Å². The van der Waals surface area contributed by atoms with Crippen LogP contribution in [0.3, 0.4) is 0 Å². The van der Waals surface area contributed by atoms with Gasteiger partial charge >= 0.3 is 0 Å². The Balaban J connectivity index is 2.08. The van der Waals surface area contributed by atoms with Gasteiger partial charge in [0, 0.05) is 12.1 Å². The predicted octanol–water partition coefficient (Wildman–Crippen LogP) is 3.71. The lowest BCUT2D eigenvalue weighted by Gasteiger charge is -2.14. The van der Waals surface area contributed by atoms with Crippen molar-refractivity contribution in [1.29, 1.82) is 0 Å². The minimum atomic E-state index is 0.332. The number of aromatic nitrogens is 2. The average Bonchev–Trinajstić information content (AvgIpc) is 2.83. The maximum absolute atomic E-state index is 6.12. The Labute approximate surface area is 108 Å². The van der Waals surface area contributed by atoms with Crippen LogP contribution in [-0.4, -0.2) is 16.5 Å². The summed E-state index contributed by atoms with van der Waals surface area (Å²) >= 11 is 6.12. The van der Waals surface area contributed by atoms with E-state index >= 15 is 0 Å². The summed E-state index contributed by atoms with van der Waals surface area (Å²) in [6.45, 7) is 9.79. The molecule has 0 saturated heterocycles. The fourth-order valence-electron chi connectivity index (χ4n) is 2.17. The second kappa shape index (κ2) is 4.45. The molecular weight excluding hydrogens is 234 g/mol. The zero-order valence-corrected chi connectivity index (χ0v) is 11.7. The first-order valence-electron chi connectivity index (χ1n) is 6.16. The molecule has 17 heavy (non-hydrogen) atoms. The smallest absolute Gasteiger partial charge is 0.138 e. The molecule has 0 radical (unpaired) electrons. The maximum Gasteiger partial charge on any atom is 0.138 e. The summed E-state index contributed by atoms with van der Waals surface area (Å²) in [4.78, 5) is 8.35. The van der Waals surface area contributed by atoms with Gasteiger partial charge in [-0.25, -0.2) is 9.97 Å². The van der Waals surface area contributed by atoms with Crippen molar-refractivity contribution in [2.24, 2.45) is 11.3 Å². The van der Waals surface area contributed by atoms with Crippen LogP contribution in [0.1, 0.15) is 45.6 Å². The quantitative estimate of drug-likeness (QED) is 0.832. The summed E-state index contributed by atoms with van der Waals surface area (Å²) < 4.78 is 0. The Kier molecular flexibility index (Phi) is 3.30. The van der Waals surface area contributed by atoms with Crippen LogP contribution in [0.2, 0.25) is 5.15 Å². The molecule has 0 amide bonds. The van der Waals surface area contributed by atoms with Gasteiger partial charge in [-0.3, -0.25) is 0 Å². The molecule has 1 heterocycles. The fraction of sp³-hybridized carbons (Fsp3) is 0.692. The van der Waals surface area contributed by atoms with E-state index in [1.807, 2.05) is 0 Å². The van der Waals surface area contributed by atoms with Crippen LogP contribution in [0.5, 0.6) is 0 Å². The molecule has 0 aromatic carbocycles. The van der Waals surface area contributed by atoms with Crippen molar-refractivity contribution >= 4 is 17.4 Å². The summed E-state index contributed by atoms with van der Waals surface area (Å²) in [6.07, 6.45) is 2.81. The van der Waals surface area contributed by atoms with E-state index in [9.17, 15) is 0 Å². The van der Waals surface area contributed by atoms with E-state index in [1.165, 1.54) is 12.7 Å². The minimum absolute atomic E-state index is 0.332. The van der Waals surface area contributed by atoms with Gasteiger partial charge in [0.1, 0.15) is 17.3 Å². The van der Waals surface area contributed by atoms with E-state index in [0.29, 0.717) is 16.5 Å². The van der Waals surface area contributed by atoms with E-state index in [4.69, 9.17) is 11.6 Å². The summed E-state index contributed by atoms with van der Waals surface area (Å²) in [5.41, 5.74) is 1.51. The fourth-order valence-corrected chi connectivity index (χ4v) is 2.52. The lowest BCUT2D eigenvalue weighted by molar-refractivity contribution is 0.572. The number of rotatable bonds is 4. The SMILES string of the molecule is CC(C)c1c(Cl)ncnc1NCC1CC1(C)C. The molecule has 1 N–H and O–H groups in total. The van der Waals surface area contributed by atoms with Gasteiger partial charge in [0.15, 0.2) is 0 Å². The summed E-state index contributed by atoms with van der Waals surface area (Å²) in [5, 5.41) is 3.98. The Morgan fingerprint density at radius 3 is 2.65 bits per heavy atom. The van der Waals surface area contributed by atoms with Gasteiger partial charge in [-0.15, -0.1) is 0 Å². The highest BCUT2D eigenvalue weighted by Gasteiger charge is 2.45. The highest BCUT2D eigenvalue weighted by molar-refractivity contribution is 6.30. The van der Waals surface area contributed by atoms with Gasteiger partial charge in [0.05, 0.1) is 0 Å². The van der Waals surface area contributed by atoms with Gasteiger partial charge < -0.3 is 5.32 Å². The zero-order chi connectivity index (χ0) is 12.6. The molecule has 94 valence electrons. The second-order valence-corrected chi connectivity index (χ2v) is 6.21. The maximum atomic E-state index is 6.12. The third-order valence-corrected chi connectivity index (χ3v) is 3.95. The Morgan fingerprint density at radius 2 is 2.12 bits per heavy atom. The summed E-state index contributed by atoms with van der Waals surface area (Å²) in [6, 6.07) is 0. The molecule has 4 heteroatoms. The van der Waals surface area contributed by atoms with Crippen molar-refractivity contribution in [2.75, 3.05) is 11.9 Å². The monoisotopic (exact) mass is 253 g/mol. The summed E-state index contributed by atoms with van der Waals surface area (Å²) in [5.74, 6) is 1.97. The van der Waals surface area contributed by atoms with Crippen molar-refractivity contribution in [2.45, 2.75) is 40.0 Å². The van der Waals surface area contributed by atoms with Gasteiger partial charge in [-0.05, 0) is 23.7 Å². The zero-order valence-electron chi connectivity index (χ0n) is 10.9. The second-order valence-electron chi connectivity index (χ2n) is 5.85. The van der Waals surface area contributed by atoms with Crippen LogP contribution in [-0.2, 0) is 0 Å². The first kappa shape index (κ1) is 12.6. The highest BCUT2D eigenvalue weighted by Crippen LogP contribution is 2.51. The number of nitrogens with one attached hydrogen (secondary N) is 1. The van der Waals surface area contributed by atoms with Crippen molar-refractivity contribution in [3.8, 4) is 0 Å². The molecule has 1 aromatic heterocycles. The topological polar surface area (TPSA) is 37.8 Å². The molecule has 3 nitrogen and oxygen atoms in total. The van der Waals surface area contributed by atoms with E-state index in [2.05, 4.69) is 43.0 Å². The number of hydrogen-bond acceptors (Lipinski definition) is 3. The highest BCUT2D eigenvalue weighted by atomic mass is 35.5. The van der Waals surface area contributed by atoms with Gasteiger partial charge in [-0.1, -0.05) is 39.3 Å². The van der Waals surface area contributed by atoms with E-state index in [0.717, 1.165) is 23.8 Å². The molecular formula is C13H20ClN3. The Morgan fingerprint density at radius 1 is 1.47 bits per heavy atom. The first-order valence-corrected chi connectivity index (χ1v) is 6.54. The van der Waals surface area contributed by atoms with Crippen LogP contribution >= 0.6 is 11.6 Å². The summed E-state index contributed by atoms with van der Waals surface area (Å²) in [7, 11) is 0. The molecule has 1 atom stereocenters. The molecule has 1 aromatic rings. The first-order chi connectivity index (χ1) is 7.92. The molecule has 2 rings (SSSR count). The third kappa shape index (κ3) is 2.71. The lowest BCUT2D eigenvalue weighted by Crippen LogP contribution is -2.11. The van der Waals surface area contributed by atoms with E-state index in [1.54, 1.807) is 0 Å². The van der Waals surface area contributed by atoms with Crippen LogP contribution in [0.15, 0.2) is 6.33 Å². The molecule has 1 aliphatic rings. The van der Waals surface area contributed by atoms with Crippen LogP contribution in [0.4, 0.5) is 5.82 Å². The molecule has 0 bridgehead atoms. The molecule has 0 aliphatic heterocycles. The van der Waals surface area contributed by atoms with Crippen LogP contribution in [0.25, 0.3) is 0 Å². The molecule has 1 aliphatic carbocycles. The minimum Gasteiger partial charge on any atom is -0.369 e. The number of hydrogen-bond donors (Lipinski definition) is 1. The van der Waals surface area contributed by atoms with Gasteiger partial charge in [0.2, 0.25) is 0 Å². The average molecular weight is 254 g/mol. The van der Waals surface area contributed by atoms with Crippen molar-refractivity contribution in [3.05, 3.63) is 17.0 Å². The molecule has 1 unspecified atom stereocenters. The Hall–Kier alpha value is -0.830. The van der Waals surface area contributed by atoms with Crippen molar-refractivity contribution in [1.82, 2.24) is 9.97 Å². The number of anilines is 1. The third-order valence-electron chi connectivity index (χ3n) is 3.65. The van der Waals surface area contributed by atoms with Crippen molar-refractivity contribution < 1.29 is 0 Å². The van der Waals surface area contributed by atoms with Gasteiger partial charge in [-0.2, -0.15) is 0 Å². The van der Waals surface area contributed by atoms with Crippen LogP contribution < -0.4 is 5.32 Å². The predicted molar refractivity (Wildman–Crippen MR) is 71.5 cm³/mol. The Bertz CT molecular complexity index is 415. The van der Waals surface area contributed by atoms with Gasteiger partial charge in [0.25, 0.3) is 0 Å². The number of nitrogens with zero attached hydrogens (tertiary/aromatic N) is 2. The molecule has 1 fully saturated rings. The molecule has 1 saturated carbocycles. The molecule has 0 spiro atoms.